The van der Waals surface area contributed by atoms with Gasteiger partial charge in [-0.1, -0.05) is 12.1 Å². The van der Waals surface area contributed by atoms with E-state index in [1.807, 2.05) is 24.3 Å². The molecule has 0 unspecified atom stereocenters. The molecule has 4 aromatic rings. The lowest BCUT2D eigenvalue weighted by atomic mass is 10.2. The standard InChI is InChI=1S/C20H14N4O3S/c25-19(23-12-5-6-14-15(11-12)27-10-9-26-14)17-18(22-8-7-21-17)20-24-13-3-1-2-4-16(13)28-20/h1-8,11H,9-10H2,(H,23,25). The van der Waals surface area contributed by atoms with Gasteiger partial charge in [-0.3, -0.25) is 4.79 Å². The molecule has 2 aromatic carbocycles. The summed E-state index contributed by atoms with van der Waals surface area (Å²) < 4.78 is 12.1. The molecule has 1 N–H and O–H groups in total. The zero-order chi connectivity index (χ0) is 18.9. The minimum atomic E-state index is -0.362. The summed E-state index contributed by atoms with van der Waals surface area (Å²) in [5.74, 6) is 0.910. The second kappa shape index (κ2) is 6.90. The number of benzene rings is 2. The van der Waals surface area contributed by atoms with Crippen LogP contribution < -0.4 is 14.8 Å². The van der Waals surface area contributed by atoms with E-state index in [0.717, 1.165) is 10.2 Å². The van der Waals surface area contributed by atoms with Gasteiger partial charge in [0.05, 0.1) is 10.2 Å². The predicted molar refractivity (Wildman–Crippen MR) is 106 cm³/mol. The summed E-state index contributed by atoms with van der Waals surface area (Å²) in [4.78, 5) is 26.1. The maximum Gasteiger partial charge on any atom is 0.276 e. The highest BCUT2D eigenvalue weighted by atomic mass is 32.1. The first-order valence-electron chi connectivity index (χ1n) is 8.66. The zero-order valence-electron chi connectivity index (χ0n) is 14.6. The van der Waals surface area contributed by atoms with Crippen LogP contribution >= 0.6 is 11.3 Å². The van der Waals surface area contributed by atoms with Gasteiger partial charge in [0.1, 0.15) is 23.9 Å². The summed E-state index contributed by atoms with van der Waals surface area (Å²) in [6.45, 7) is 1.00. The molecular formula is C20H14N4O3S. The summed E-state index contributed by atoms with van der Waals surface area (Å²) >= 11 is 1.48. The van der Waals surface area contributed by atoms with E-state index in [2.05, 4.69) is 20.3 Å². The number of thiazole rings is 1. The highest BCUT2D eigenvalue weighted by molar-refractivity contribution is 7.21. The van der Waals surface area contributed by atoms with Gasteiger partial charge in [0, 0.05) is 24.1 Å². The molecule has 0 saturated heterocycles. The maximum atomic E-state index is 12.9. The van der Waals surface area contributed by atoms with Crippen molar-refractivity contribution < 1.29 is 14.3 Å². The molecule has 0 spiro atoms. The lowest BCUT2D eigenvalue weighted by Crippen LogP contribution is -2.17. The fourth-order valence-corrected chi connectivity index (χ4v) is 3.91. The molecule has 2 aromatic heterocycles. The Morgan fingerprint density at radius 3 is 2.71 bits per heavy atom. The molecule has 0 saturated carbocycles. The van der Waals surface area contributed by atoms with Gasteiger partial charge in [-0.15, -0.1) is 11.3 Å². The minimum Gasteiger partial charge on any atom is -0.486 e. The predicted octanol–water partition coefficient (Wildman–Crippen LogP) is 3.78. The number of anilines is 1. The number of rotatable bonds is 3. The second-order valence-corrected chi connectivity index (χ2v) is 7.08. The van der Waals surface area contributed by atoms with E-state index in [0.29, 0.717) is 41.1 Å². The van der Waals surface area contributed by atoms with E-state index in [9.17, 15) is 4.79 Å². The Morgan fingerprint density at radius 1 is 1.00 bits per heavy atom. The van der Waals surface area contributed by atoms with Crippen LogP contribution in [0.25, 0.3) is 20.9 Å². The zero-order valence-corrected chi connectivity index (χ0v) is 15.4. The Kier molecular flexibility index (Phi) is 4.10. The van der Waals surface area contributed by atoms with Gasteiger partial charge < -0.3 is 14.8 Å². The van der Waals surface area contributed by atoms with Crippen LogP contribution in [0.4, 0.5) is 5.69 Å². The Labute approximate surface area is 164 Å². The van der Waals surface area contributed by atoms with Crippen molar-refractivity contribution in [2.24, 2.45) is 0 Å². The van der Waals surface area contributed by atoms with Crippen LogP contribution in [0.5, 0.6) is 11.5 Å². The third-order valence-electron chi connectivity index (χ3n) is 4.21. The summed E-state index contributed by atoms with van der Waals surface area (Å²) in [6.07, 6.45) is 3.05. The molecule has 0 aliphatic carbocycles. The largest absolute Gasteiger partial charge is 0.486 e. The molecule has 0 fully saturated rings. The number of nitrogens with one attached hydrogen (secondary N) is 1. The van der Waals surface area contributed by atoms with Crippen LogP contribution in [-0.4, -0.2) is 34.1 Å². The van der Waals surface area contributed by atoms with Crippen molar-refractivity contribution in [3.05, 3.63) is 60.6 Å². The normalized spacial score (nSPS) is 12.7. The maximum absolute atomic E-state index is 12.9. The number of aromatic nitrogens is 3. The topological polar surface area (TPSA) is 86.2 Å². The highest BCUT2D eigenvalue weighted by Gasteiger charge is 2.20. The van der Waals surface area contributed by atoms with E-state index in [1.165, 1.54) is 17.5 Å². The number of hydrogen-bond donors (Lipinski definition) is 1. The van der Waals surface area contributed by atoms with Crippen molar-refractivity contribution in [1.29, 1.82) is 0 Å². The molecule has 0 radical (unpaired) electrons. The number of carbonyl (C=O) groups is 1. The fraction of sp³-hybridized carbons (Fsp3) is 0.100. The first-order chi connectivity index (χ1) is 13.8. The molecule has 1 aliphatic heterocycles. The molecule has 0 bridgehead atoms. The molecule has 7 nitrogen and oxygen atoms in total. The molecule has 138 valence electrons. The summed E-state index contributed by atoms with van der Waals surface area (Å²) in [5.41, 5.74) is 2.14. The number of carbonyl (C=O) groups excluding carboxylic acids is 1. The number of fused-ring (bicyclic) bond motifs is 2. The monoisotopic (exact) mass is 390 g/mol. The number of ether oxygens (including phenoxy) is 2. The van der Waals surface area contributed by atoms with Gasteiger partial charge >= 0.3 is 0 Å². The van der Waals surface area contributed by atoms with E-state index in [4.69, 9.17) is 9.47 Å². The SMILES string of the molecule is O=C(Nc1ccc2c(c1)OCCO2)c1nccnc1-c1nc2ccccc2s1. The van der Waals surface area contributed by atoms with Gasteiger partial charge in [-0.25, -0.2) is 15.0 Å². The first kappa shape index (κ1) is 16.6. The third-order valence-corrected chi connectivity index (χ3v) is 5.25. The van der Waals surface area contributed by atoms with Crippen molar-refractivity contribution in [3.8, 4) is 22.2 Å². The number of nitrogens with zero attached hydrogens (tertiary/aromatic N) is 3. The van der Waals surface area contributed by atoms with Crippen LogP contribution in [0.2, 0.25) is 0 Å². The van der Waals surface area contributed by atoms with E-state index in [-0.39, 0.29) is 11.6 Å². The molecule has 1 amide bonds. The molecule has 3 heterocycles. The minimum absolute atomic E-state index is 0.219. The van der Waals surface area contributed by atoms with Gasteiger partial charge in [0.2, 0.25) is 0 Å². The van der Waals surface area contributed by atoms with Gasteiger partial charge in [0.15, 0.2) is 17.2 Å². The average Bonchev–Trinajstić information content (AvgIpc) is 3.18. The van der Waals surface area contributed by atoms with Crippen molar-refractivity contribution in [2.45, 2.75) is 0 Å². The summed E-state index contributed by atoms with van der Waals surface area (Å²) in [7, 11) is 0. The van der Waals surface area contributed by atoms with Crippen molar-refractivity contribution in [3.63, 3.8) is 0 Å². The van der Waals surface area contributed by atoms with Gasteiger partial charge in [0.25, 0.3) is 5.91 Å². The Balaban J connectivity index is 1.47. The van der Waals surface area contributed by atoms with Crippen molar-refractivity contribution >= 4 is 33.1 Å². The van der Waals surface area contributed by atoms with Crippen LogP contribution in [-0.2, 0) is 0 Å². The van der Waals surface area contributed by atoms with Crippen LogP contribution in [0, 0.1) is 0 Å². The van der Waals surface area contributed by atoms with Crippen molar-refractivity contribution in [2.75, 3.05) is 18.5 Å². The molecule has 1 aliphatic rings. The quantitative estimate of drug-likeness (QED) is 0.573. The Hall–Kier alpha value is -3.52. The number of amides is 1. The van der Waals surface area contributed by atoms with Gasteiger partial charge in [-0.05, 0) is 24.3 Å². The van der Waals surface area contributed by atoms with Gasteiger partial charge in [-0.2, -0.15) is 0 Å². The van der Waals surface area contributed by atoms with E-state index in [1.54, 1.807) is 24.4 Å². The Morgan fingerprint density at radius 2 is 1.82 bits per heavy atom. The number of para-hydroxylation sites is 1. The summed E-state index contributed by atoms with van der Waals surface area (Å²) in [6, 6.07) is 13.1. The lowest BCUT2D eigenvalue weighted by Gasteiger charge is -2.19. The number of hydrogen-bond acceptors (Lipinski definition) is 7. The van der Waals surface area contributed by atoms with E-state index < -0.39 is 0 Å². The molecule has 28 heavy (non-hydrogen) atoms. The summed E-state index contributed by atoms with van der Waals surface area (Å²) in [5, 5.41) is 3.51. The van der Waals surface area contributed by atoms with Crippen LogP contribution in [0.1, 0.15) is 10.5 Å². The molecule has 5 rings (SSSR count). The molecule has 0 atom stereocenters. The highest BCUT2D eigenvalue weighted by Crippen LogP contribution is 2.33. The van der Waals surface area contributed by atoms with Crippen LogP contribution in [0.3, 0.4) is 0 Å². The first-order valence-corrected chi connectivity index (χ1v) is 9.47. The smallest absolute Gasteiger partial charge is 0.276 e. The second-order valence-electron chi connectivity index (χ2n) is 6.05. The Bertz CT molecular complexity index is 1160. The van der Waals surface area contributed by atoms with Crippen molar-refractivity contribution in [1.82, 2.24) is 15.0 Å². The third kappa shape index (κ3) is 3.03. The molecule has 8 heteroatoms. The molecular weight excluding hydrogens is 376 g/mol. The average molecular weight is 390 g/mol. The lowest BCUT2D eigenvalue weighted by molar-refractivity contribution is 0.102. The van der Waals surface area contributed by atoms with Crippen LogP contribution in [0.15, 0.2) is 54.9 Å². The fourth-order valence-electron chi connectivity index (χ4n) is 2.95. The van der Waals surface area contributed by atoms with E-state index >= 15 is 0 Å².